The molecule has 0 amide bonds. The van der Waals surface area contributed by atoms with Gasteiger partial charge < -0.3 is 25.2 Å². The standard InChI is InChI=1S/C21H35N5O.HI/c1-4-22-21(23-14-17-8-7-12-25(2)15-17)24-18-11-13-26(16-18)19-9-5-6-10-20(19)27-3;/h5-6,9-10,17-18H,4,7-8,11-16H2,1-3H3,(H2,22,23,24);1H. The smallest absolute Gasteiger partial charge is 0.191 e. The molecule has 0 radical (unpaired) electrons. The van der Waals surface area contributed by atoms with Crippen LogP contribution in [0.25, 0.3) is 0 Å². The first-order chi connectivity index (χ1) is 13.2. The van der Waals surface area contributed by atoms with Gasteiger partial charge in [0.05, 0.1) is 12.8 Å². The van der Waals surface area contributed by atoms with Crippen molar-refractivity contribution in [1.29, 1.82) is 0 Å². The van der Waals surface area contributed by atoms with Gasteiger partial charge in [-0.25, -0.2) is 0 Å². The van der Waals surface area contributed by atoms with Gasteiger partial charge in [0, 0.05) is 38.8 Å². The van der Waals surface area contributed by atoms with E-state index in [2.05, 4.69) is 46.5 Å². The zero-order valence-corrected chi connectivity index (χ0v) is 19.8. The summed E-state index contributed by atoms with van der Waals surface area (Å²) in [6.45, 7) is 8.30. The summed E-state index contributed by atoms with van der Waals surface area (Å²) in [4.78, 5) is 9.71. The molecule has 7 heteroatoms. The maximum Gasteiger partial charge on any atom is 0.191 e. The summed E-state index contributed by atoms with van der Waals surface area (Å²) in [5.74, 6) is 2.57. The molecule has 2 aliphatic rings. The summed E-state index contributed by atoms with van der Waals surface area (Å²) in [6, 6.07) is 8.67. The minimum atomic E-state index is 0. The Bertz CT molecular complexity index is 627. The van der Waals surface area contributed by atoms with Crippen molar-refractivity contribution in [3.8, 4) is 5.75 Å². The molecule has 2 unspecified atom stereocenters. The lowest BCUT2D eigenvalue weighted by atomic mass is 9.99. The van der Waals surface area contributed by atoms with Crippen molar-refractivity contribution >= 4 is 35.6 Å². The summed E-state index contributed by atoms with van der Waals surface area (Å²) < 4.78 is 5.52. The third kappa shape index (κ3) is 6.40. The van der Waals surface area contributed by atoms with Gasteiger partial charge in [0.25, 0.3) is 0 Å². The number of aliphatic imine (C=N–C) groups is 1. The van der Waals surface area contributed by atoms with E-state index < -0.39 is 0 Å². The molecular weight excluding hydrogens is 465 g/mol. The number of methoxy groups -OCH3 is 1. The minimum absolute atomic E-state index is 0. The Balaban J connectivity index is 0.00000280. The number of rotatable bonds is 6. The number of guanidine groups is 1. The predicted octanol–water partition coefficient (Wildman–Crippen LogP) is 2.79. The van der Waals surface area contributed by atoms with E-state index in [1.54, 1.807) is 7.11 Å². The normalized spacial score (nSPS) is 23.2. The Morgan fingerprint density at radius 2 is 2.04 bits per heavy atom. The van der Waals surface area contributed by atoms with Crippen LogP contribution in [0.15, 0.2) is 29.3 Å². The first kappa shape index (κ1) is 23.1. The van der Waals surface area contributed by atoms with E-state index in [9.17, 15) is 0 Å². The number of likely N-dealkylation sites (tertiary alicyclic amines) is 1. The second-order valence-corrected chi connectivity index (χ2v) is 7.74. The van der Waals surface area contributed by atoms with E-state index in [0.717, 1.165) is 50.9 Å². The molecule has 2 saturated heterocycles. The summed E-state index contributed by atoms with van der Waals surface area (Å²) >= 11 is 0. The van der Waals surface area contributed by atoms with Crippen molar-refractivity contribution in [1.82, 2.24) is 15.5 Å². The van der Waals surface area contributed by atoms with Gasteiger partial charge in [0.2, 0.25) is 0 Å². The quantitative estimate of drug-likeness (QED) is 0.357. The van der Waals surface area contributed by atoms with E-state index in [4.69, 9.17) is 9.73 Å². The van der Waals surface area contributed by atoms with Crippen LogP contribution in [0.3, 0.4) is 0 Å². The molecule has 158 valence electrons. The fourth-order valence-electron chi connectivity index (χ4n) is 4.14. The number of nitrogens with one attached hydrogen (secondary N) is 2. The van der Waals surface area contributed by atoms with Crippen LogP contribution in [0.2, 0.25) is 0 Å². The predicted molar refractivity (Wildman–Crippen MR) is 128 cm³/mol. The third-order valence-electron chi connectivity index (χ3n) is 5.53. The lowest BCUT2D eigenvalue weighted by Crippen LogP contribution is -2.45. The first-order valence-corrected chi connectivity index (χ1v) is 10.3. The van der Waals surface area contributed by atoms with Gasteiger partial charge in [-0.1, -0.05) is 12.1 Å². The van der Waals surface area contributed by atoms with Crippen molar-refractivity contribution in [2.24, 2.45) is 10.9 Å². The van der Waals surface area contributed by atoms with E-state index >= 15 is 0 Å². The minimum Gasteiger partial charge on any atom is -0.495 e. The highest BCUT2D eigenvalue weighted by Crippen LogP contribution is 2.30. The third-order valence-corrected chi connectivity index (χ3v) is 5.53. The molecule has 2 aliphatic heterocycles. The van der Waals surface area contributed by atoms with Crippen molar-refractivity contribution in [2.45, 2.75) is 32.2 Å². The number of anilines is 1. The Morgan fingerprint density at radius 1 is 1.21 bits per heavy atom. The Morgan fingerprint density at radius 3 is 2.79 bits per heavy atom. The zero-order chi connectivity index (χ0) is 19.1. The highest BCUT2D eigenvalue weighted by Gasteiger charge is 2.25. The topological polar surface area (TPSA) is 52.1 Å². The Kier molecular flexibility index (Phi) is 9.64. The van der Waals surface area contributed by atoms with E-state index in [0.29, 0.717) is 12.0 Å². The number of benzene rings is 1. The van der Waals surface area contributed by atoms with Gasteiger partial charge in [0.1, 0.15) is 5.75 Å². The van der Waals surface area contributed by atoms with Crippen LogP contribution in [0, 0.1) is 5.92 Å². The molecule has 1 aromatic rings. The summed E-state index contributed by atoms with van der Waals surface area (Å²) in [7, 11) is 3.95. The number of halogens is 1. The second-order valence-electron chi connectivity index (χ2n) is 7.74. The van der Waals surface area contributed by atoms with E-state index in [-0.39, 0.29) is 24.0 Å². The van der Waals surface area contributed by atoms with Gasteiger partial charge in [-0.3, -0.25) is 4.99 Å². The highest BCUT2D eigenvalue weighted by molar-refractivity contribution is 14.0. The molecule has 2 N–H and O–H groups in total. The van der Waals surface area contributed by atoms with E-state index in [1.807, 2.05) is 12.1 Å². The number of ether oxygens (including phenoxy) is 1. The molecule has 0 aromatic heterocycles. The van der Waals surface area contributed by atoms with Crippen LogP contribution in [0.4, 0.5) is 5.69 Å². The van der Waals surface area contributed by atoms with Crippen molar-refractivity contribution in [2.75, 3.05) is 58.3 Å². The molecular formula is C21H36IN5O. The SMILES string of the molecule is CCNC(=NCC1CCCN(C)C1)NC1CCN(c2ccccc2OC)C1.I. The zero-order valence-electron chi connectivity index (χ0n) is 17.5. The molecule has 0 saturated carbocycles. The van der Waals surface area contributed by atoms with Crippen molar-refractivity contribution < 1.29 is 4.74 Å². The molecule has 3 rings (SSSR count). The van der Waals surface area contributed by atoms with Crippen LogP contribution in [0.5, 0.6) is 5.75 Å². The Labute approximate surface area is 187 Å². The molecule has 28 heavy (non-hydrogen) atoms. The molecule has 2 heterocycles. The van der Waals surface area contributed by atoms with Crippen LogP contribution in [0.1, 0.15) is 26.2 Å². The molecule has 0 aliphatic carbocycles. The molecule has 1 aromatic carbocycles. The average Bonchev–Trinajstić information content (AvgIpc) is 3.14. The monoisotopic (exact) mass is 501 g/mol. The largest absolute Gasteiger partial charge is 0.495 e. The number of piperidine rings is 1. The molecule has 6 nitrogen and oxygen atoms in total. The summed E-state index contributed by atoms with van der Waals surface area (Å²) in [5.41, 5.74) is 1.18. The molecule has 2 atom stereocenters. The van der Waals surface area contributed by atoms with Gasteiger partial charge in [-0.15, -0.1) is 24.0 Å². The van der Waals surface area contributed by atoms with Gasteiger partial charge >= 0.3 is 0 Å². The van der Waals surface area contributed by atoms with Crippen molar-refractivity contribution in [3.63, 3.8) is 0 Å². The van der Waals surface area contributed by atoms with Crippen LogP contribution in [-0.2, 0) is 0 Å². The fourth-order valence-corrected chi connectivity index (χ4v) is 4.14. The highest BCUT2D eigenvalue weighted by atomic mass is 127. The summed E-state index contributed by atoms with van der Waals surface area (Å²) in [5, 5.41) is 7.07. The summed E-state index contributed by atoms with van der Waals surface area (Å²) in [6.07, 6.45) is 3.68. The van der Waals surface area contributed by atoms with Gasteiger partial charge in [-0.2, -0.15) is 0 Å². The van der Waals surface area contributed by atoms with Crippen LogP contribution >= 0.6 is 24.0 Å². The average molecular weight is 501 g/mol. The van der Waals surface area contributed by atoms with Crippen LogP contribution in [-0.4, -0.2) is 70.3 Å². The maximum atomic E-state index is 5.52. The molecule has 0 spiro atoms. The number of hydrogen-bond donors (Lipinski definition) is 2. The van der Waals surface area contributed by atoms with Gasteiger partial charge in [-0.05, 0) is 57.8 Å². The second kappa shape index (κ2) is 11.7. The molecule has 2 fully saturated rings. The van der Waals surface area contributed by atoms with Crippen molar-refractivity contribution in [3.05, 3.63) is 24.3 Å². The van der Waals surface area contributed by atoms with E-state index in [1.165, 1.54) is 25.1 Å². The van der Waals surface area contributed by atoms with Crippen LogP contribution < -0.4 is 20.3 Å². The lowest BCUT2D eigenvalue weighted by molar-refractivity contribution is 0.214. The van der Waals surface area contributed by atoms with Gasteiger partial charge in [0.15, 0.2) is 5.96 Å². The lowest BCUT2D eigenvalue weighted by Gasteiger charge is -2.29. The maximum absolute atomic E-state index is 5.52. The molecule has 0 bridgehead atoms. The fraction of sp³-hybridized carbons (Fsp3) is 0.667. The Hall–Kier alpha value is -1.22. The first-order valence-electron chi connectivity index (χ1n) is 10.3. The number of para-hydroxylation sites is 2. The number of hydrogen-bond acceptors (Lipinski definition) is 4. The number of nitrogens with zero attached hydrogens (tertiary/aromatic N) is 3.